The van der Waals surface area contributed by atoms with Gasteiger partial charge in [-0.25, -0.2) is 0 Å². The fraction of sp³-hybridized carbons (Fsp3) is 0.812. The van der Waals surface area contributed by atoms with Gasteiger partial charge >= 0.3 is 0 Å². The van der Waals surface area contributed by atoms with Crippen molar-refractivity contribution in [3.05, 3.63) is 17.5 Å². The molecule has 0 aliphatic heterocycles. The van der Waals surface area contributed by atoms with Gasteiger partial charge in [0, 0.05) is 7.05 Å². The average molecular weight is 263 g/mol. The van der Waals surface area contributed by atoms with Gasteiger partial charge in [-0.15, -0.1) is 0 Å². The first-order chi connectivity index (χ1) is 9.22. The molecule has 0 bridgehead atoms. The van der Waals surface area contributed by atoms with Crippen LogP contribution in [0.5, 0.6) is 0 Å². The summed E-state index contributed by atoms with van der Waals surface area (Å²) in [4.78, 5) is 0. The molecule has 2 rings (SSSR count). The van der Waals surface area contributed by atoms with Gasteiger partial charge in [0.05, 0.1) is 17.4 Å². The van der Waals surface area contributed by atoms with E-state index in [1.165, 1.54) is 50.6 Å². The van der Waals surface area contributed by atoms with Gasteiger partial charge in [0.15, 0.2) is 0 Å². The molecule has 1 aliphatic carbocycles. The first-order valence-electron chi connectivity index (χ1n) is 7.96. The fourth-order valence-electron chi connectivity index (χ4n) is 3.38. The Bertz CT molecular complexity index is 375. The molecule has 1 saturated carbocycles. The second-order valence-corrected chi connectivity index (χ2v) is 6.02. The lowest BCUT2D eigenvalue weighted by molar-refractivity contribution is 0.312. The molecule has 19 heavy (non-hydrogen) atoms. The summed E-state index contributed by atoms with van der Waals surface area (Å²) in [5.74, 6) is 0.781. The smallest absolute Gasteiger partial charge is 0.0597 e. The van der Waals surface area contributed by atoms with Crippen LogP contribution in [0.3, 0.4) is 0 Å². The summed E-state index contributed by atoms with van der Waals surface area (Å²) in [5.41, 5.74) is 2.51. The minimum atomic E-state index is 0.490. The van der Waals surface area contributed by atoms with Crippen molar-refractivity contribution in [2.24, 2.45) is 13.0 Å². The van der Waals surface area contributed by atoms with Crippen LogP contribution in [-0.2, 0) is 7.05 Å². The maximum absolute atomic E-state index is 4.53. The predicted octanol–water partition coefficient (Wildman–Crippen LogP) is 3.74. The maximum Gasteiger partial charge on any atom is 0.0597 e. The summed E-state index contributed by atoms with van der Waals surface area (Å²) in [6, 6.07) is 2.75. The van der Waals surface area contributed by atoms with Crippen LogP contribution in [-0.4, -0.2) is 16.3 Å². The van der Waals surface area contributed by atoms with Gasteiger partial charge < -0.3 is 5.32 Å². The Hall–Kier alpha value is -0.830. The Labute approximate surface area is 117 Å². The van der Waals surface area contributed by atoms with Gasteiger partial charge in [-0.2, -0.15) is 5.10 Å². The van der Waals surface area contributed by atoms with E-state index in [2.05, 4.69) is 42.1 Å². The highest BCUT2D eigenvalue weighted by Crippen LogP contribution is 2.33. The van der Waals surface area contributed by atoms with Crippen LogP contribution in [0, 0.1) is 12.8 Å². The third kappa shape index (κ3) is 3.82. The van der Waals surface area contributed by atoms with Gasteiger partial charge in [-0.05, 0) is 44.7 Å². The maximum atomic E-state index is 4.53. The molecular formula is C16H29N3. The zero-order chi connectivity index (χ0) is 13.7. The van der Waals surface area contributed by atoms with E-state index >= 15 is 0 Å². The molecule has 1 aromatic heterocycles. The highest BCUT2D eigenvalue weighted by atomic mass is 15.3. The summed E-state index contributed by atoms with van der Waals surface area (Å²) < 4.78 is 2.08. The zero-order valence-electron chi connectivity index (χ0n) is 12.8. The molecule has 1 fully saturated rings. The number of aromatic nitrogens is 2. The molecule has 0 amide bonds. The first kappa shape index (κ1) is 14.6. The van der Waals surface area contributed by atoms with Crippen molar-refractivity contribution in [3.63, 3.8) is 0 Å². The van der Waals surface area contributed by atoms with Gasteiger partial charge in [0.1, 0.15) is 0 Å². The van der Waals surface area contributed by atoms with Crippen LogP contribution in [0.15, 0.2) is 6.07 Å². The van der Waals surface area contributed by atoms with Crippen LogP contribution in [0.25, 0.3) is 0 Å². The van der Waals surface area contributed by atoms with E-state index in [0.29, 0.717) is 6.04 Å². The van der Waals surface area contributed by atoms with Crippen molar-refractivity contribution < 1.29 is 0 Å². The quantitative estimate of drug-likeness (QED) is 0.820. The molecular weight excluding hydrogens is 234 g/mol. The first-order valence-corrected chi connectivity index (χ1v) is 7.96. The van der Waals surface area contributed by atoms with Crippen LogP contribution in [0.4, 0.5) is 0 Å². The molecule has 0 spiro atoms. The lowest BCUT2D eigenvalue weighted by Gasteiger charge is -2.27. The molecule has 3 heteroatoms. The minimum absolute atomic E-state index is 0.490. The Morgan fingerprint density at radius 1 is 1.32 bits per heavy atom. The Balaban J connectivity index is 2.16. The SMILES string of the molecule is CCCNC(c1cc(C)nn1C)C1CCCCCC1. The monoisotopic (exact) mass is 263 g/mol. The lowest BCUT2D eigenvalue weighted by atomic mass is 9.89. The third-order valence-electron chi connectivity index (χ3n) is 4.34. The van der Waals surface area contributed by atoms with Gasteiger partial charge in [0.25, 0.3) is 0 Å². The number of aryl methyl sites for hydroxylation is 2. The zero-order valence-corrected chi connectivity index (χ0v) is 12.8. The summed E-state index contributed by atoms with van der Waals surface area (Å²) in [7, 11) is 2.08. The molecule has 1 N–H and O–H groups in total. The van der Waals surface area contributed by atoms with Crippen molar-refractivity contribution in [1.29, 1.82) is 0 Å². The molecule has 1 aromatic rings. The molecule has 0 saturated heterocycles. The number of nitrogens with one attached hydrogen (secondary N) is 1. The number of hydrogen-bond acceptors (Lipinski definition) is 2. The van der Waals surface area contributed by atoms with Crippen LogP contribution in [0.2, 0.25) is 0 Å². The summed E-state index contributed by atoms with van der Waals surface area (Å²) in [6.07, 6.45) is 9.55. The third-order valence-corrected chi connectivity index (χ3v) is 4.34. The summed E-state index contributed by atoms with van der Waals surface area (Å²) in [6.45, 7) is 5.44. The van der Waals surface area contributed by atoms with Gasteiger partial charge in [0.2, 0.25) is 0 Å². The molecule has 108 valence electrons. The van der Waals surface area contributed by atoms with Crippen molar-refractivity contribution in [2.75, 3.05) is 6.54 Å². The largest absolute Gasteiger partial charge is 0.308 e. The van der Waals surface area contributed by atoms with Crippen LogP contribution >= 0.6 is 0 Å². The van der Waals surface area contributed by atoms with Crippen molar-refractivity contribution in [2.45, 2.75) is 64.8 Å². The average Bonchev–Trinajstić information content (AvgIpc) is 2.60. The standard InChI is InChI=1S/C16H29N3/c1-4-11-17-16(14-9-7-5-6-8-10-14)15-12-13(2)18-19(15)3/h12,14,16-17H,4-11H2,1-3H3. The fourth-order valence-corrected chi connectivity index (χ4v) is 3.38. The van der Waals surface area contributed by atoms with Crippen LogP contribution in [0.1, 0.15) is 69.3 Å². The lowest BCUT2D eigenvalue weighted by Crippen LogP contribution is -2.30. The molecule has 1 unspecified atom stereocenters. The topological polar surface area (TPSA) is 29.9 Å². The van der Waals surface area contributed by atoms with E-state index in [9.17, 15) is 0 Å². The molecule has 0 radical (unpaired) electrons. The van der Waals surface area contributed by atoms with E-state index in [1.54, 1.807) is 0 Å². The number of rotatable bonds is 5. The van der Waals surface area contributed by atoms with E-state index in [1.807, 2.05) is 0 Å². The van der Waals surface area contributed by atoms with Crippen molar-refractivity contribution in [1.82, 2.24) is 15.1 Å². The Kier molecular flexibility index (Phi) is 5.44. The number of nitrogens with zero attached hydrogens (tertiary/aromatic N) is 2. The van der Waals surface area contributed by atoms with Crippen molar-refractivity contribution in [3.8, 4) is 0 Å². The Morgan fingerprint density at radius 2 is 2.00 bits per heavy atom. The molecule has 1 heterocycles. The van der Waals surface area contributed by atoms with Crippen LogP contribution < -0.4 is 5.32 Å². The van der Waals surface area contributed by atoms with E-state index in [4.69, 9.17) is 0 Å². The van der Waals surface area contributed by atoms with Crippen molar-refractivity contribution >= 4 is 0 Å². The van der Waals surface area contributed by atoms with Gasteiger partial charge in [-0.3, -0.25) is 4.68 Å². The second-order valence-electron chi connectivity index (χ2n) is 6.02. The normalized spacial score (nSPS) is 19.3. The highest BCUT2D eigenvalue weighted by Gasteiger charge is 2.26. The summed E-state index contributed by atoms with van der Waals surface area (Å²) >= 11 is 0. The molecule has 3 nitrogen and oxygen atoms in total. The molecule has 1 atom stereocenters. The predicted molar refractivity (Wildman–Crippen MR) is 80.2 cm³/mol. The Morgan fingerprint density at radius 3 is 2.53 bits per heavy atom. The molecule has 1 aliphatic rings. The highest BCUT2D eigenvalue weighted by molar-refractivity contribution is 5.14. The second kappa shape index (κ2) is 7.09. The van der Waals surface area contributed by atoms with Gasteiger partial charge in [-0.1, -0.05) is 32.6 Å². The number of hydrogen-bond donors (Lipinski definition) is 1. The molecule has 0 aromatic carbocycles. The van der Waals surface area contributed by atoms with E-state index in [-0.39, 0.29) is 0 Å². The van der Waals surface area contributed by atoms with E-state index in [0.717, 1.165) is 18.2 Å². The van der Waals surface area contributed by atoms with E-state index < -0.39 is 0 Å². The minimum Gasteiger partial charge on any atom is -0.308 e. The summed E-state index contributed by atoms with van der Waals surface area (Å²) in [5, 5.41) is 8.31.